The maximum Gasteiger partial charge on any atom is 0.257 e. The predicted molar refractivity (Wildman–Crippen MR) is 78.3 cm³/mol. The highest BCUT2D eigenvalue weighted by Gasteiger charge is 2.28. The van der Waals surface area contributed by atoms with E-state index in [1.165, 1.54) is 6.33 Å². The van der Waals surface area contributed by atoms with Gasteiger partial charge in [-0.05, 0) is 26.2 Å². The lowest BCUT2D eigenvalue weighted by Gasteiger charge is -2.30. The van der Waals surface area contributed by atoms with Gasteiger partial charge < -0.3 is 9.42 Å². The van der Waals surface area contributed by atoms with Gasteiger partial charge in [-0.2, -0.15) is 4.98 Å². The molecule has 3 heterocycles. The fourth-order valence-electron chi connectivity index (χ4n) is 2.79. The van der Waals surface area contributed by atoms with E-state index >= 15 is 0 Å². The van der Waals surface area contributed by atoms with Gasteiger partial charge in [0.05, 0.1) is 11.3 Å². The van der Waals surface area contributed by atoms with E-state index in [1.807, 2.05) is 18.7 Å². The number of hydrogen-bond acceptors (Lipinski definition) is 6. The Morgan fingerprint density at radius 2 is 2.18 bits per heavy atom. The number of aryl methyl sites for hydroxylation is 2. The number of hydrogen-bond donors (Lipinski definition) is 0. The van der Waals surface area contributed by atoms with Crippen LogP contribution in [0.15, 0.2) is 17.0 Å². The first-order valence-corrected chi connectivity index (χ1v) is 7.57. The first-order valence-electron chi connectivity index (χ1n) is 7.57. The fourth-order valence-corrected chi connectivity index (χ4v) is 2.79. The maximum atomic E-state index is 12.6. The Bertz CT molecular complexity index is 661. The molecule has 0 atom stereocenters. The summed E-state index contributed by atoms with van der Waals surface area (Å²) < 4.78 is 5.24. The van der Waals surface area contributed by atoms with Crippen LogP contribution in [0.2, 0.25) is 0 Å². The molecular weight excluding hydrogens is 282 g/mol. The van der Waals surface area contributed by atoms with Crippen LogP contribution in [0, 0.1) is 6.92 Å². The van der Waals surface area contributed by atoms with Crippen molar-refractivity contribution in [2.75, 3.05) is 13.1 Å². The monoisotopic (exact) mass is 301 g/mol. The number of piperidine rings is 1. The summed E-state index contributed by atoms with van der Waals surface area (Å²) in [5, 5.41) is 3.83. The molecule has 0 bridgehead atoms. The van der Waals surface area contributed by atoms with Crippen molar-refractivity contribution < 1.29 is 9.32 Å². The van der Waals surface area contributed by atoms with Gasteiger partial charge in [-0.15, -0.1) is 0 Å². The number of aromatic nitrogens is 4. The van der Waals surface area contributed by atoms with E-state index in [2.05, 4.69) is 20.1 Å². The molecule has 0 N–H and O–H groups in total. The zero-order valence-corrected chi connectivity index (χ0v) is 12.8. The molecule has 0 spiro atoms. The SMILES string of the molecule is CCc1ncncc1C(=O)N1CCC(c2nc(C)no2)CC1. The normalized spacial score (nSPS) is 16.0. The second-order valence-electron chi connectivity index (χ2n) is 5.48. The second kappa shape index (κ2) is 6.21. The van der Waals surface area contributed by atoms with Gasteiger partial charge in [0.1, 0.15) is 6.33 Å². The standard InChI is InChI=1S/C15H19N5O2/c1-3-13-12(8-16-9-17-13)15(21)20-6-4-11(5-7-20)14-18-10(2)19-22-14/h8-9,11H,3-7H2,1-2H3. The minimum absolute atomic E-state index is 0.0117. The largest absolute Gasteiger partial charge is 0.339 e. The molecule has 0 unspecified atom stereocenters. The van der Waals surface area contributed by atoms with Gasteiger partial charge in [-0.1, -0.05) is 12.1 Å². The van der Waals surface area contributed by atoms with Crippen molar-refractivity contribution in [3.05, 3.63) is 35.5 Å². The predicted octanol–water partition coefficient (Wildman–Crippen LogP) is 1.75. The molecule has 7 nitrogen and oxygen atoms in total. The molecule has 0 radical (unpaired) electrons. The van der Waals surface area contributed by atoms with E-state index in [-0.39, 0.29) is 11.8 Å². The van der Waals surface area contributed by atoms with Crippen LogP contribution in [-0.2, 0) is 6.42 Å². The highest BCUT2D eigenvalue weighted by molar-refractivity contribution is 5.95. The van der Waals surface area contributed by atoms with Crippen molar-refractivity contribution in [3.8, 4) is 0 Å². The summed E-state index contributed by atoms with van der Waals surface area (Å²) in [5.41, 5.74) is 1.41. The molecular formula is C15H19N5O2. The van der Waals surface area contributed by atoms with E-state index in [0.29, 0.717) is 30.4 Å². The topological polar surface area (TPSA) is 85.0 Å². The second-order valence-corrected chi connectivity index (χ2v) is 5.48. The van der Waals surface area contributed by atoms with Crippen molar-refractivity contribution in [2.45, 2.75) is 39.0 Å². The van der Waals surface area contributed by atoms with Crippen molar-refractivity contribution >= 4 is 5.91 Å². The van der Waals surface area contributed by atoms with Gasteiger partial charge in [0.15, 0.2) is 5.82 Å². The molecule has 7 heteroatoms. The van der Waals surface area contributed by atoms with E-state index in [0.717, 1.165) is 25.0 Å². The number of nitrogens with zero attached hydrogens (tertiary/aromatic N) is 5. The summed E-state index contributed by atoms with van der Waals surface area (Å²) in [6.45, 7) is 5.17. The quantitative estimate of drug-likeness (QED) is 0.858. The number of carbonyl (C=O) groups is 1. The van der Waals surface area contributed by atoms with Crippen LogP contribution in [0.3, 0.4) is 0 Å². The van der Waals surface area contributed by atoms with Gasteiger partial charge in [-0.25, -0.2) is 9.97 Å². The molecule has 116 valence electrons. The molecule has 3 rings (SSSR count). The zero-order chi connectivity index (χ0) is 15.5. The van der Waals surface area contributed by atoms with Gasteiger partial charge >= 0.3 is 0 Å². The number of likely N-dealkylation sites (tertiary alicyclic amines) is 1. The van der Waals surface area contributed by atoms with Crippen LogP contribution < -0.4 is 0 Å². The molecule has 2 aromatic rings. The lowest BCUT2D eigenvalue weighted by atomic mass is 9.96. The summed E-state index contributed by atoms with van der Waals surface area (Å²) in [6, 6.07) is 0. The average molecular weight is 301 g/mol. The Morgan fingerprint density at radius 3 is 2.82 bits per heavy atom. The molecule has 2 aromatic heterocycles. The minimum atomic E-state index is 0.0117. The van der Waals surface area contributed by atoms with Crippen molar-refractivity contribution in [2.24, 2.45) is 0 Å². The fraction of sp³-hybridized carbons (Fsp3) is 0.533. The summed E-state index contributed by atoms with van der Waals surface area (Å²) in [4.78, 5) is 26.9. The molecule has 0 saturated carbocycles. The Labute approximate surface area is 128 Å². The summed E-state index contributed by atoms with van der Waals surface area (Å²) in [6.07, 6.45) is 5.49. The maximum absolute atomic E-state index is 12.6. The summed E-state index contributed by atoms with van der Waals surface area (Å²) in [5.74, 6) is 1.59. The van der Waals surface area contributed by atoms with Crippen LogP contribution in [0.4, 0.5) is 0 Å². The smallest absolute Gasteiger partial charge is 0.257 e. The molecule has 1 amide bonds. The lowest BCUT2D eigenvalue weighted by Crippen LogP contribution is -2.38. The van der Waals surface area contributed by atoms with Gasteiger partial charge in [0, 0.05) is 25.2 Å². The van der Waals surface area contributed by atoms with E-state index in [4.69, 9.17) is 4.52 Å². The van der Waals surface area contributed by atoms with Gasteiger partial charge in [-0.3, -0.25) is 4.79 Å². The van der Waals surface area contributed by atoms with Crippen molar-refractivity contribution in [1.29, 1.82) is 0 Å². The number of amides is 1. The first kappa shape index (κ1) is 14.6. The van der Waals surface area contributed by atoms with E-state index < -0.39 is 0 Å². The molecule has 1 saturated heterocycles. The van der Waals surface area contributed by atoms with E-state index in [9.17, 15) is 4.79 Å². The number of carbonyl (C=O) groups excluding carboxylic acids is 1. The van der Waals surface area contributed by atoms with Crippen molar-refractivity contribution in [3.63, 3.8) is 0 Å². The Balaban J connectivity index is 1.67. The van der Waals surface area contributed by atoms with Crippen LogP contribution in [0.1, 0.15) is 53.5 Å². The Hall–Kier alpha value is -2.31. The van der Waals surface area contributed by atoms with Crippen LogP contribution in [0.5, 0.6) is 0 Å². The number of rotatable bonds is 3. The molecule has 1 aliphatic heterocycles. The van der Waals surface area contributed by atoms with Gasteiger partial charge in [0.25, 0.3) is 5.91 Å². The molecule has 1 fully saturated rings. The average Bonchev–Trinajstić information content (AvgIpc) is 3.01. The molecule has 22 heavy (non-hydrogen) atoms. The van der Waals surface area contributed by atoms with Crippen LogP contribution >= 0.6 is 0 Å². The van der Waals surface area contributed by atoms with Gasteiger partial charge in [0.2, 0.25) is 5.89 Å². The lowest BCUT2D eigenvalue weighted by molar-refractivity contribution is 0.0702. The minimum Gasteiger partial charge on any atom is -0.339 e. The third-order valence-corrected chi connectivity index (χ3v) is 4.03. The summed E-state index contributed by atoms with van der Waals surface area (Å²) in [7, 11) is 0. The van der Waals surface area contributed by atoms with Crippen LogP contribution in [0.25, 0.3) is 0 Å². The molecule has 0 aliphatic carbocycles. The van der Waals surface area contributed by atoms with E-state index in [1.54, 1.807) is 6.20 Å². The van der Waals surface area contributed by atoms with Crippen molar-refractivity contribution in [1.82, 2.24) is 25.0 Å². The van der Waals surface area contributed by atoms with Crippen LogP contribution in [-0.4, -0.2) is 44.0 Å². The Kier molecular flexibility index (Phi) is 4.13. The summed E-state index contributed by atoms with van der Waals surface area (Å²) >= 11 is 0. The third kappa shape index (κ3) is 2.84. The molecule has 1 aliphatic rings. The highest BCUT2D eigenvalue weighted by Crippen LogP contribution is 2.27. The third-order valence-electron chi connectivity index (χ3n) is 4.03. The first-order chi connectivity index (χ1) is 10.7. The highest BCUT2D eigenvalue weighted by atomic mass is 16.5. The molecule has 0 aromatic carbocycles. The Morgan fingerprint density at radius 1 is 1.41 bits per heavy atom. The zero-order valence-electron chi connectivity index (χ0n) is 12.8.